The summed E-state index contributed by atoms with van der Waals surface area (Å²) < 4.78 is 63.3. The van der Waals surface area contributed by atoms with E-state index in [1.54, 1.807) is 19.1 Å². The van der Waals surface area contributed by atoms with Gasteiger partial charge in [0.25, 0.3) is 10.0 Å². The van der Waals surface area contributed by atoms with Gasteiger partial charge < -0.3 is 15.2 Å². The zero-order chi connectivity index (χ0) is 27.2. The van der Waals surface area contributed by atoms with Crippen molar-refractivity contribution in [3.8, 4) is 16.9 Å². The zero-order valence-corrected chi connectivity index (χ0v) is 21.1. The van der Waals surface area contributed by atoms with E-state index in [1.807, 2.05) is 0 Å². The summed E-state index contributed by atoms with van der Waals surface area (Å²) in [6.07, 6.45) is -1.03. The number of rotatable bonds is 6. The van der Waals surface area contributed by atoms with Gasteiger partial charge in [-0.15, -0.1) is 0 Å². The predicted molar refractivity (Wildman–Crippen MR) is 134 cm³/mol. The average Bonchev–Trinajstić information content (AvgIpc) is 3.26. The first-order chi connectivity index (χ1) is 18.0. The molecule has 0 aliphatic carbocycles. The highest BCUT2D eigenvalue weighted by Crippen LogP contribution is 2.42. The minimum atomic E-state index is -4.18. The van der Waals surface area contributed by atoms with Gasteiger partial charge in [-0.1, -0.05) is 18.2 Å². The molecule has 1 fully saturated rings. The first kappa shape index (κ1) is 25.7. The monoisotopic (exact) mass is 542 g/mol. The first-order valence-corrected chi connectivity index (χ1v) is 13.3. The van der Waals surface area contributed by atoms with E-state index in [2.05, 4.69) is 5.32 Å². The third kappa shape index (κ3) is 4.58. The number of carbonyl (C=O) groups is 2. The van der Waals surface area contributed by atoms with Gasteiger partial charge in [-0.25, -0.2) is 22.0 Å². The lowest BCUT2D eigenvalue weighted by Gasteiger charge is -2.38. The van der Waals surface area contributed by atoms with Crippen LogP contribution in [0.15, 0.2) is 65.6 Å². The third-order valence-electron chi connectivity index (χ3n) is 6.85. The van der Waals surface area contributed by atoms with Crippen molar-refractivity contribution in [3.05, 3.63) is 77.9 Å². The molecule has 2 atom stereocenters. The third-order valence-corrected chi connectivity index (χ3v) is 8.63. The minimum Gasteiger partial charge on any atom is -0.486 e. The molecule has 1 saturated heterocycles. The fourth-order valence-electron chi connectivity index (χ4n) is 4.94. The molecule has 2 N–H and O–H groups in total. The van der Waals surface area contributed by atoms with Gasteiger partial charge in [-0.2, -0.15) is 0 Å². The van der Waals surface area contributed by atoms with E-state index in [4.69, 9.17) is 4.74 Å². The van der Waals surface area contributed by atoms with E-state index in [-0.39, 0.29) is 53.3 Å². The van der Waals surface area contributed by atoms with Gasteiger partial charge in [0.15, 0.2) is 0 Å². The molecule has 0 unspecified atom stereocenters. The summed E-state index contributed by atoms with van der Waals surface area (Å²) >= 11 is 0. The van der Waals surface area contributed by atoms with Crippen LogP contribution in [0, 0.1) is 18.6 Å². The number of sulfonamides is 1. The van der Waals surface area contributed by atoms with Gasteiger partial charge in [0.1, 0.15) is 29.0 Å². The van der Waals surface area contributed by atoms with E-state index >= 15 is 0 Å². The normalized spacial score (nSPS) is 21.0. The van der Waals surface area contributed by atoms with Crippen LogP contribution in [-0.2, 0) is 19.6 Å². The number of nitrogens with one attached hydrogen (secondary N) is 1. The van der Waals surface area contributed by atoms with E-state index in [1.165, 1.54) is 30.3 Å². The molecule has 8 nitrogen and oxygen atoms in total. The van der Waals surface area contributed by atoms with Crippen LogP contribution in [-0.4, -0.2) is 43.6 Å². The van der Waals surface area contributed by atoms with E-state index in [9.17, 15) is 31.9 Å². The van der Waals surface area contributed by atoms with Crippen LogP contribution in [0.3, 0.4) is 0 Å². The number of carboxylic acids is 1. The molecule has 3 aromatic rings. The van der Waals surface area contributed by atoms with Crippen LogP contribution >= 0.6 is 0 Å². The summed E-state index contributed by atoms with van der Waals surface area (Å²) in [5, 5.41) is 12.4. The number of carboxylic acid groups (broad SMARTS) is 1. The Kier molecular flexibility index (Phi) is 6.34. The molecule has 3 aromatic carbocycles. The molecule has 2 aliphatic rings. The van der Waals surface area contributed by atoms with Crippen LogP contribution in [0.2, 0.25) is 0 Å². The van der Waals surface area contributed by atoms with Crippen molar-refractivity contribution in [2.75, 3.05) is 10.8 Å². The molecular formula is C27H24F2N2O6S. The fourth-order valence-corrected chi connectivity index (χ4v) is 6.55. The predicted octanol–water partition coefficient (Wildman–Crippen LogP) is 4.02. The number of anilines is 1. The summed E-state index contributed by atoms with van der Waals surface area (Å²) in [5.41, 5.74) is -0.601. The largest absolute Gasteiger partial charge is 0.486 e. The highest BCUT2D eigenvalue weighted by atomic mass is 32.2. The molecule has 0 bridgehead atoms. The van der Waals surface area contributed by atoms with Crippen molar-refractivity contribution in [1.29, 1.82) is 0 Å². The molecule has 2 heterocycles. The van der Waals surface area contributed by atoms with Crippen molar-refractivity contribution in [2.24, 2.45) is 0 Å². The van der Waals surface area contributed by atoms with Crippen molar-refractivity contribution in [2.45, 2.75) is 42.7 Å². The number of amides is 1. The lowest BCUT2D eigenvalue weighted by Crippen LogP contribution is -2.54. The van der Waals surface area contributed by atoms with Crippen molar-refractivity contribution in [1.82, 2.24) is 5.32 Å². The first-order valence-electron chi connectivity index (χ1n) is 11.9. The Balaban J connectivity index is 1.61. The number of benzene rings is 3. The lowest BCUT2D eigenvalue weighted by atomic mass is 9.90. The molecule has 38 heavy (non-hydrogen) atoms. The molecule has 5 rings (SSSR count). The topological polar surface area (TPSA) is 113 Å². The number of aryl methyl sites for hydroxylation is 1. The maximum absolute atomic E-state index is 14.5. The van der Waals surface area contributed by atoms with Crippen molar-refractivity contribution in [3.63, 3.8) is 0 Å². The lowest BCUT2D eigenvalue weighted by molar-refractivity contribution is -0.146. The Morgan fingerprint density at radius 1 is 1.16 bits per heavy atom. The number of ether oxygens (including phenoxy) is 1. The summed E-state index contributed by atoms with van der Waals surface area (Å²) in [7, 11) is -4.18. The van der Waals surface area contributed by atoms with Crippen LogP contribution in [0.25, 0.3) is 11.1 Å². The Bertz CT molecular complexity index is 1560. The van der Waals surface area contributed by atoms with E-state index < -0.39 is 45.2 Å². The fraction of sp³-hybridized carbons (Fsp3) is 0.259. The van der Waals surface area contributed by atoms with Crippen molar-refractivity contribution >= 4 is 27.6 Å². The van der Waals surface area contributed by atoms with Gasteiger partial charge >= 0.3 is 5.97 Å². The van der Waals surface area contributed by atoms with Gasteiger partial charge in [0.2, 0.25) is 5.91 Å². The summed E-state index contributed by atoms with van der Waals surface area (Å²) in [6, 6.07) is 13.6. The Morgan fingerprint density at radius 2 is 1.95 bits per heavy atom. The smallest absolute Gasteiger partial charge is 0.329 e. The van der Waals surface area contributed by atoms with Crippen LogP contribution in [0.4, 0.5) is 14.5 Å². The maximum Gasteiger partial charge on any atom is 0.329 e. The van der Waals surface area contributed by atoms with Crippen LogP contribution in [0.1, 0.15) is 24.8 Å². The molecular weight excluding hydrogens is 518 g/mol. The van der Waals surface area contributed by atoms with E-state index in [0.29, 0.717) is 5.56 Å². The highest BCUT2D eigenvalue weighted by molar-refractivity contribution is 7.92. The summed E-state index contributed by atoms with van der Waals surface area (Å²) in [4.78, 5) is 24.0. The van der Waals surface area contributed by atoms with Crippen molar-refractivity contribution < 1.29 is 36.6 Å². The second-order valence-electron chi connectivity index (χ2n) is 9.54. The second kappa shape index (κ2) is 9.39. The van der Waals surface area contributed by atoms with Gasteiger partial charge in [0.05, 0.1) is 17.1 Å². The Morgan fingerprint density at radius 3 is 2.63 bits per heavy atom. The standard InChI is InChI=1S/C27H24F2N2O6S/c1-16-3-2-4-20(11-16)38(35,36)31-15-19(14-27(26(33)34)10-9-25(32)30-27)37-24-8-5-17(12-23(24)31)21-13-18(28)6-7-22(21)29/h2-8,11-13,19H,9-10,14-15H2,1H3,(H,30,32)(H,33,34)/t19-,27-/m0/s1. The average molecular weight is 543 g/mol. The second-order valence-corrected chi connectivity index (χ2v) is 11.4. The number of halogens is 2. The highest BCUT2D eigenvalue weighted by Gasteiger charge is 2.48. The SMILES string of the molecule is Cc1cccc(S(=O)(=O)N2C[C@H](C[C@]3(C(=O)O)CCC(=O)N3)Oc3ccc(-c4cc(F)ccc4F)cc32)c1. The Labute approximate surface area is 217 Å². The molecule has 198 valence electrons. The molecule has 0 radical (unpaired) electrons. The maximum atomic E-state index is 14.5. The molecule has 11 heteroatoms. The number of carbonyl (C=O) groups excluding carboxylic acids is 1. The van der Waals surface area contributed by atoms with Gasteiger partial charge in [0, 0.05) is 18.4 Å². The Hall–Kier alpha value is -3.99. The van der Waals surface area contributed by atoms with Crippen LogP contribution < -0.4 is 14.4 Å². The molecule has 0 spiro atoms. The quantitative estimate of drug-likeness (QED) is 0.487. The number of aliphatic carboxylic acids is 1. The van der Waals surface area contributed by atoms with Gasteiger partial charge in [-0.3, -0.25) is 9.10 Å². The van der Waals surface area contributed by atoms with E-state index in [0.717, 1.165) is 22.5 Å². The number of nitrogens with zero attached hydrogens (tertiary/aromatic N) is 1. The number of hydrogen-bond donors (Lipinski definition) is 2. The zero-order valence-electron chi connectivity index (χ0n) is 20.3. The molecule has 2 aliphatic heterocycles. The number of fused-ring (bicyclic) bond motifs is 1. The minimum absolute atomic E-state index is 0.00792. The number of hydrogen-bond acceptors (Lipinski definition) is 5. The molecule has 0 aromatic heterocycles. The van der Waals surface area contributed by atoms with Gasteiger partial charge in [-0.05, 0) is 66.9 Å². The molecule has 0 saturated carbocycles. The van der Waals surface area contributed by atoms with Crippen LogP contribution in [0.5, 0.6) is 5.75 Å². The summed E-state index contributed by atoms with van der Waals surface area (Å²) in [5.74, 6) is -2.85. The summed E-state index contributed by atoms with van der Waals surface area (Å²) in [6.45, 7) is 1.49. The molecule has 1 amide bonds.